The highest BCUT2D eigenvalue weighted by atomic mass is 79.9. The monoisotopic (exact) mass is 605 g/mol. The van der Waals surface area contributed by atoms with E-state index in [1.807, 2.05) is 83.8 Å². The van der Waals surface area contributed by atoms with Crippen molar-refractivity contribution in [3.05, 3.63) is 95.0 Å². The van der Waals surface area contributed by atoms with Crippen molar-refractivity contribution in [2.24, 2.45) is 0 Å². The third-order valence-electron chi connectivity index (χ3n) is 6.85. The van der Waals surface area contributed by atoms with Crippen LogP contribution in [0.4, 0.5) is 22.7 Å². The first-order valence-corrected chi connectivity index (χ1v) is 14.6. The van der Waals surface area contributed by atoms with E-state index in [4.69, 9.17) is 13.7 Å². The molecule has 2 atom stereocenters. The molecule has 0 N–H and O–H groups in total. The number of halogens is 1. The number of hydrogen-bond acceptors (Lipinski definition) is 7. The van der Waals surface area contributed by atoms with Crippen LogP contribution in [-0.2, 0) is 22.0 Å². The molecule has 200 valence electrons. The Labute approximate surface area is 238 Å². The van der Waals surface area contributed by atoms with Crippen LogP contribution in [0.2, 0.25) is 0 Å². The Morgan fingerprint density at radius 1 is 0.872 bits per heavy atom. The standard InChI is InChI=1S/C30H27BrN2O5S/c1-2-8-20-9-7-14-28-30(20)33(23-11-4-6-13-26(23)37-28)29(38-39(34)35)17-18-32-22-10-3-5-12-25(22)36-27-16-15-21(31)19-24(27)32/h3-7,9-16,19,29H,2,8,17-18H2,1H3,(H,34,35)/p-1. The topological polar surface area (TPSA) is 74.3 Å². The zero-order valence-corrected chi connectivity index (χ0v) is 23.6. The van der Waals surface area contributed by atoms with E-state index in [9.17, 15) is 8.76 Å². The average molecular weight is 607 g/mol. The Bertz CT molecular complexity index is 1550. The van der Waals surface area contributed by atoms with Crippen LogP contribution < -0.4 is 19.3 Å². The van der Waals surface area contributed by atoms with Crippen molar-refractivity contribution in [3.63, 3.8) is 0 Å². The van der Waals surface area contributed by atoms with Gasteiger partial charge in [0.1, 0.15) is 0 Å². The molecule has 2 heterocycles. The quantitative estimate of drug-likeness (QED) is 0.188. The van der Waals surface area contributed by atoms with Gasteiger partial charge in [-0.25, -0.2) is 4.21 Å². The van der Waals surface area contributed by atoms with Gasteiger partial charge in [-0.3, -0.25) is 4.18 Å². The van der Waals surface area contributed by atoms with Crippen LogP contribution in [-0.4, -0.2) is 21.5 Å². The molecule has 0 saturated carbocycles. The van der Waals surface area contributed by atoms with Crippen LogP contribution in [0.1, 0.15) is 25.3 Å². The maximum absolute atomic E-state index is 12.1. The van der Waals surface area contributed by atoms with Crippen LogP contribution in [0.15, 0.2) is 89.4 Å². The molecule has 0 bridgehead atoms. The molecule has 2 aliphatic rings. The molecular weight excluding hydrogens is 580 g/mol. The van der Waals surface area contributed by atoms with Gasteiger partial charge in [0.05, 0.1) is 34.1 Å². The second-order valence-electron chi connectivity index (χ2n) is 9.33. The molecule has 7 nitrogen and oxygen atoms in total. The molecule has 4 aromatic rings. The predicted octanol–water partition coefficient (Wildman–Crippen LogP) is 8.12. The van der Waals surface area contributed by atoms with Crippen LogP contribution in [0.3, 0.4) is 0 Å². The minimum Gasteiger partial charge on any atom is -0.750 e. The fraction of sp³-hybridized carbons (Fsp3) is 0.200. The highest BCUT2D eigenvalue weighted by molar-refractivity contribution is 9.10. The van der Waals surface area contributed by atoms with Gasteiger partial charge in [0, 0.05) is 17.4 Å². The highest BCUT2D eigenvalue weighted by Crippen LogP contribution is 2.51. The predicted molar refractivity (Wildman–Crippen MR) is 155 cm³/mol. The molecule has 0 aliphatic carbocycles. The SMILES string of the molecule is CCCc1cccc2c1N(C(CCN1c3ccccc3Oc3ccc(Br)cc31)OS(=O)[O-])c1ccccc1O2. The lowest BCUT2D eigenvalue weighted by molar-refractivity contribution is 0.196. The second kappa shape index (κ2) is 11.0. The molecule has 2 aliphatic heterocycles. The lowest BCUT2D eigenvalue weighted by Crippen LogP contribution is -2.39. The van der Waals surface area contributed by atoms with E-state index in [-0.39, 0.29) is 0 Å². The van der Waals surface area contributed by atoms with Crippen molar-refractivity contribution in [3.8, 4) is 23.0 Å². The minimum absolute atomic E-state index is 0.364. The van der Waals surface area contributed by atoms with Crippen LogP contribution in [0.5, 0.6) is 23.0 Å². The molecule has 0 amide bonds. The summed E-state index contributed by atoms with van der Waals surface area (Å²) in [5, 5.41) is 0. The summed E-state index contributed by atoms with van der Waals surface area (Å²) in [6.07, 6.45) is 1.29. The molecule has 2 unspecified atom stereocenters. The fourth-order valence-electron chi connectivity index (χ4n) is 5.27. The molecule has 6 rings (SSSR count). The first-order chi connectivity index (χ1) is 19.0. The number of aryl methyl sites for hydroxylation is 1. The lowest BCUT2D eigenvalue weighted by atomic mass is 10.0. The molecule has 9 heteroatoms. The van der Waals surface area contributed by atoms with Gasteiger partial charge in [0.15, 0.2) is 29.2 Å². The maximum atomic E-state index is 12.1. The third-order valence-corrected chi connectivity index (χ3v) is 7.73. The van der Waals surface area contributed by atoms with E-state index >= 15 is 0 Å². The fourth-order valence-corrected chi connectivity index (χ4v) is 5.98. The van der Waals surface area contributed by atoms with Crippen molar-refractivity contribution in [1.82, 2.24) is 0 Å². The Kier molecular flexibility index (Phi) is 7.31. The Hall–Kier alpha value is -3.37. The second-order valence-corrected chi connectivity index (χ2v) is 10.8. The Morgan fingerprint density at radius 3 is 2.31 bits per heavy atom. The molecule has 0 radical (unpaired) electrons. The summed E-state index contributed by atoms with van der Waals surface area (Å²) in [5.41, 5.74) is 4.45. The van der Waals surface area contributed by atoms with Gasteiger partial charge in [-0.1, -0.05) is 65.7 Å². The molecule has 39 heavy (non-hydrogen) atoms. The maximum Gasteiger partial charge on any atom is 0.151 e. The van der Waals surface area contributed by atoms with Crippen LogP contribution in [0.25, 0.3) is 0 Å². The molecule has 0 spiro atoms. The zero-order valence-electron chi connectivity index (χ0n) is 21.2. The van der Waals surface area contributed by atoms with Crippen LogP contribution >= 0.6 is 15.9 Å². The van der Waals surface area contributed by atoms with E-state index in [0.29, 0.717) is 24.5 Å². The summed E-state index contributed by atoms with van der Waals surface area (Å²) in [6.45, 7) is 2.59. The largest absolute Gasteiger partial charge is 0.750 e. The van der Waals surface area contributed by atoms with Gasteiger partial charge < -0.3 is 23.8 Å². The van der Waals surface area contributed by atoms with Gasteiger partial charge in [-0.2, -0.15) is 0 Å². The zero-order chi connectivity index (χ0) is 26.9. The number of benzene rings is 4. The first kappa shape index (κ1) is 25.9. The summed E-state index contributed by atoms with van der Waals surface area (Å²) < 4.78 is 43.1. The molecule has 0 fully saturated rings. The smallest absolute Gasteiger partial charge is 0.151 e. The van der Waals surface area contributed by atoms with Crippen molar-refractivity contribution in [2.45, 2.75) is 32.4 Å². The normalized spacial score (nSPS) is 14.7. The van der Waals surface area contributed by atoms with E-state index in [0.717, 1.165) is 57.1 Å². The van der Waals surface area contributed by atoms with Crippen LogP contribution in [0, 0.1) is 0 Å². The van der Waals surface area contributed by atoms with Gasteiger partial charge in [-0.15, -0.1) is 0 Å². The number of fused-ring (bicyclic) bond motifs is 4. The lowest BCUT2D eigenvalue weighted by Gasteiger charge is -2.40. The van der Waals surface area contributed by atoms with E-state index in [1.165, 1.54) is 0 Å². The number of para-hydroxylation sites is 5. The number of ether oxygens (including phenoxy) is 2. The Morgan fingerprint density at radius 2 is 1.54 bits per heavy atom. The first-order valence-electron chi connectivity index (χ1n) is 12.8. The molecular formula is C30H26BrN2O5S-. The van der Waals surface area contributed by atoms with Gasteiger partial charge in [-0.05, 0) is 60.5 Å². The van der Waals surface area contributed by atoms with E-state index in [1.54, 1.807) is 0 Å². The summed E-state index contributed by atoms with van der Waals surface area (Å²) in [5.74, 6) is 2.80. The molecule has 4 aromatic carbocycles. The van der Waals surface area contributed by atoms with Gasteiger partial charge in [0.25, 0.3) is 0 Å². The minimum atomic E-state index is -2.74. The number of nitrogens with zero attached hydrogens (tertiary/aromatic N) is 2. The van der Waals surface area contributed by atoms with Crippen molar-refractivity contribution in [2.75, 3.05) is 16.3 Å². The molecule has 0 aromatic heterocycles. The summed E-state index contributed by atoms with van der Waals surface area (Å²) in [7, 11) is 0. The highest BCUT2D eigenvalue weighted by Gasteiger charge is 2.34. The van der Waals surface area contributed by atoms with Gasteiger partial charge >= 0.3 is 0 Å². The van der Waals surface area contributed by atoms with Crippen molar-refractivity contribution >= 4 is 50.0 Å². The summed E-state index contributed by atoms with van der Waals surface area (Å²) in [6, 6.07) is 27.3. The Balaban J connectivity index is 1.42. The number of rotatable bonds is 8. The van der Waals surface area contributed by atoms with E-state index in [2.05, 4.69) is 33.8 Å². The summed E-state index contributed by atoms with van der Waals surface area (Å²) >= 11 is 0.836. The average Bonchev–Trinajstić information content (AvgIpc) is 2.93. The van der Waals surface area contributed by atoms with Gasteiger partial charge in [0.2, 0.25) is 0 Å². The summed E-state index contributed by atoms with van der Waals surface area (Å²) in [4.78, 5) is 4.12. The third kappa shape index (κ3) is 5.03. The van der Waals surface area contributed by atoms with Crippen molar-refractivity contribution in [1.29, 1.82) is 0 Å². The van der Waals surface area contributed by atoms with Crippen molar-refractivity contribution < 1.29 is 22.4 Å². The number of anilines is 4. The van der Waals surface area contributed by atoms with E-state index < -0.39 is 17.6 Å². The number of hydrogen-bond donors (Lipinski definition) is 0. The molecule has 0 saturated heterocycles.